The zero-order chi connectivity index (χ0) is 13.8. The van der Waals surface area contributed by atoms with Gasteiger partial charge in [0, 0.05) is 25.4 Å². The van der Waals surface area contributed by atoms with Crippen molar-refractivity contribution in [2.75, 3.05) is 25.4 Å². The SMILES string of the molecule is COC(=O)CCN(C)S(=O)(=O)Nc1cc(C)[nH]n1. The van der Waals surface area contributed by atoms with Crippen molar-refractivity contribution in [3.05, 3.63) is 11.8 Å². The quantitative estimate of drug-likeness (QED) is 0.704. The minimum atomic E-state index is -3.71. The molecule has 1 aromatic rings. The number of methoxy groups -OCH3 is 1. The number of carbonyl (C=O) groups is 1. The number of nitrogens with one attached hydrogen (secondary N) is 2. The smallest absolute Gasteiger partial charge is 0.306 e. The molecule has 0 radical (unpaired) electrons. The summed E-state index contributed by atoms with van der Waals surface area (Å²) in [5.41, 5.74) is 0.741. The van der Waals surface area contributed by atoms with Crippen LogP contribution in [0.5, 0.6) is 0 Å². The number of aryl methyl sites for hydroxylation is 1. The highest BCUT2D eigenvalue weighted by Gasteiger charge is 2.19. The van der Waals surface area contributed by atoms with E-state index in [4.69, 9.17) is 0 Å². The van der Waals surface area contributed by atoms with Crippen LogP contribution in [0, 0.1) is 6.92 Å². The Bertz CT molecular complexity index is 510. The van der Waals surface area contributed by atoms with Gasteiger partial charge in [-0.15, -0.1) is 0 Å². The molecule has 1 rings (SSSR count). The number of hydrogen-bond acceptors (Lipinski definition) is 5. The molecule has 1 aromatic heterocycles. The van der Waals surface area contributed by atoms with Gasteiger partial charge < -0.3 is 4.74 Å². The first kappa shape index (κ1) is 14.5. The second kappa shape index (κ2) is 5.83. The average Bonchev–Trinajstić information content (AvgIpc) is 2.70. The first-order valence-electron chi connectivity index (χ1n) is 5.18. The predicted molar refractivity (Wildman–Crippen MR) is 65.1 cm³/mol. The zero-order valence-corrected chi connectivity index (χ0v) is 11.2. The van der Waals surface area contributed by atoms with E-state index in [9.17, 15) is 13.2 Å². The summed E-state index contributed by atoms with van der Waals surface area (Å²) in [6.07, 6.45) is -0.00645. The number of hydrogen-bond donors (Lipinski definition) is 2. The Kier molecular flexibility index (Phi) is 4.68. The molecule has 0 aliphatic carbocycles. The first-order chi connectivity index (χ1) is 8.35. The van der Waals surface area contributed by atoms with E-state index in [1.165, 1.54) is 14.2 Å². The second-order valence-electron chi connectivity index (χ2n) is 3.69. The van der Waals surface area contributed by atoms with Crippen molar-refractivity contribution in [2.45, 2.75) is 13.3 Å². The molecule has 0 unspecified atom stereocenters. The first-order valence-corrected chi connectivity index (χ1v) is 6.62. The van der Waals surface area contributed by atoms with E-state index in [1.54, 1.807) is 13.0 Å². The number of rotatable bonds is 6. The summed E-state index contributed by atoms with van der Waals surface area (Å²) < 4.78 is 31.4. The lowest BCUT2D eigenvalue weighted by atomic mass is 10.4. The molecule has 2 N–H and O–H groups in total. The van der Waals surface area contributed by atoms with Gasteiger partial charge in [0.25, 0.3) is 0 Å². The zero-order valence-electron chi connectivity index (χ0n) is 10.4. The summed E-state index contributed by atoms with van der Waals surface area (Å²) in [5, 5.41) is 6.38. The van der Waals surface area contributed by atoms with Gasteiger partial charge in [-0.3, -0.25) is 14.6 Å². The summed E-state index contributed by atoms with van der Waals surface area (Å²) in [5.74, 6) is -0.259. The number of anilines is 1. The number of esters is 1. The Morgan fingerprint density at radius 1 is 1.61 bits per heavy atom. The van der Waals surface area contributed by atoms with Gasteiger partial charge in [-0.1, -0.05) is 0 Å². The van der Waals surface area contributed by atoms with Crippen molar-refractivity contribution in [1.29, 1.82) is 0 Å². The van der Waals surface area contributed by atoms with Crippen LogP contribution in [0.1, 0.15) is 12.1 Å². The fourth-order valence-corrected chi connectivity index (χ4v) is 2.01. The maximum absolute atomic E-state index is 11.8. The third-order valence-electron chi connectivity index (χ3n) is 2.21. The summed E-state index contributed by atoms with van der Waals surface area (Å²) in [6, 6.07) is 1.56. The lowest BCUT2D eigenvalue weighted by Gasteiger charge is -2.16. The van der Waals surface area contributed by atoms with Gasteiger partial charge in [-0.05, 0) is 6.92 Å². The number of carbonyl (C=O) groups excluding carboxylic acids is 1. The molecule has 0 bridgehead atoms. The highest BCUT2D eigenvalue weighted by atomic mass is 32.2. The van der Waals surface area contributed by atoms with Crippen molar-refractivity contribution in [2.24, 2.45) is 0 Å². The Balaban J connectivity index is 2.60. The van der Waals surface area contributed by atoms with Crippen LogP contribution in [-0.2, 0) is 19.7 Å². The van der Waals surface area contributed by atoms with Gasteiger partial charge in [0.1, 0.15) is 0 Å². The lowest BCUT2D eigenvalue weighted by Crippen LogP contribution is -2.34. The van der Waals surface area contributed by atoms with Gasteiger partial charge in [0.05, 0.1) is 13.5 Å². The number of H-pyrrole nitrogens is 1. The molecular formula is C9H16N4O4S. The van der Waals surface area contributed by atoms with Crippen LogP contribution in [0.4, 0.5) is 5.82 Å². The van der Waals surface area contributed by atoms with E-state index < -0.39 is 16.2 Å². The fourth-order valence-electron chi connectivity index (χ4n) is 1.15. The van der Waals surface area contributed by atoms with E-state index in [2.05, 4.69) is 19.7 Å². The van der Waals surface area contributed by atoms with Crippen LogP contribution < -0.4 is 4.72 Å². The molecule has 0 saturated heterocycles. The van der Waals surface area contributed by atoms with Crippen molar-refractivity contribution >= 4 is 22.0 Å². The van der Waals surface area contributed by atoms with Gasteiger partial charge >= 0.3 is 16.2 Å². The van der Waals surface area contributed by atoms with Crippen molar-refractivity contribution in [1.82, 2.24) is 14.5 Å². The van der Waals surface area contributed by atoms with Crippen LogP contribution in [0.3, 0.4) is 0 Å². The molecule has 18 heavy (non-hydrogen) atoms. The van der Waals surface area contributed by atoms with Gasteiger partial charge in [-0.25, -0.2) is 0 Å². The molecule has 0 atom stereocenters. The molecule has 8 nitrogen and oxygen atoms in total. The number of nitrogens with zero attached hydrogens (tertiary/aromatic N) is 2. The summed E-state index contributed by atoms with van der Waals surface area (Å²) in [4.78, 5) is 10.9. The van der Waals surface area contributed by atoms with E-state index in [0.29, 0.717) is 0 Å². The highest BCUT2D eigenvalue weighted by molar-refractivity contribution is 7.90. The lowest BCUT2D eigenvalue weighted by molar-refractivity contribution is -0.140. The molecule has 0 aromatic carbocycles. The fraction of sp³-hybridized carbons (Fsp3) is 0.556. The maximum Gasteiger partial charge on any atom is 0.306 e. The molecule has 0 amide bonds. The molecule has 0 saturated carbocycles. The van der Waals surface area contributed by atoms with Crippen LogP contribution >= 0.6 is 0 Å². The Labute approximate surface area is 105 Å². The van der Waals surface area contributed by atoms with Crippen LogP contribution in [0.15, 0.2) is 6.07 Å². The normalized spacial score (nSPS) is 11.6. The molecule has 0 spiro atoms. The van der Waals surface area contributed by atoms with Crippen LogP contribution in [-0.4, -0.2) is 49.6 Å². The van der Waals surface area contributed by atoms with Crippen molar-refractivity contribution in [3.63, 3.8) is 0 Å². The average molecular weight is 276 g/mol. The van der Waals surface area contributed by atoms with E-state index >= 15 is 0 Å². The molecule has 0 aliphatic heterocycles. The van der Waals surface area contributed by atoms with Crippen molar-refractivity contribution in [3.8, 4) is 0 Å². The van der Waals surface area contributed by atoms with E-state index in [-0.39, 0.29) is 18.8 Å². The summed E-state index contributed by atoms with van der Waals surface area (Å²) in [6.45, 7) is 1.79. The number of aromatic amines is 1. The van der Waals surface area contributed by atoms with Crippen LogP contribution in [0.2, 0.25) is 0 Å². The van der Waals surface area contributed by atoms with Gasteiger partial charge in [0.15, 0.2) is 5.82 Å². The molecular weight excluding hydrogens is 260 g/mol. The molecule has 0 aliphatic rings. The second-order valence-corrected chi connectivity index (χ2v) is 5.47. The van der Waals surface area contributed by atoms with Crippen molar-refractivity contribution < 1.29 is 17.9 Å². The van der Waals surface area contributed by atoms with Gasteiger partial charge in [0.2, 0.25) is 0 Å². The summed E-state index contributed by atoms with van der Waals surface area (Å²) in [7, 11) is -1.09. The Hall–Kier alpha value is -1.61. The number of aromatic nitrogens is 2. The Morgan fingerprint density at radius 2 is 2.28 bits per heavy atom. The monoisotopic (exact) mass is 276 g/mol. The number of ether oxygens (including phenoxy) is 1. The third-order valence-corrected chi connectivity index (χ3v) is 3.68. The van der Waals surface area contributed by atoms with Crippen LogP contribution in [0.25, 0.3) is 0 Å². The topological polar surface area (TPSA) is 104 Å². The maximum atomic E-state index is 11.8. The molecule has 1 heterocycles. The standard InChI is InChI=1S/C9H16N4O4S/c1-7-6-8(11-10-7)12-18(15,16)13(2)5-4-9(14)17-3/h6H,4-5H2,1-3H3,(H2,10,11,12). The van der Waals surface area contributed by atoms with E-state index in [0.717, 1.165) is 10.00 Å². The molecule has 9 heteroatoms. The highest BCUT2D eigenvalue weighted by Crippen LogP contribution is 2.08. The predicted octanol–water partition coefficient (Wildman–Crippen LogP) is -0.130. The Morgan fingerprint density at radius 3 is 2.78 bits per heavy atom. The minimum Gasteiger partial charge on any atom is -0.469 e. The molecule has 0 fully saturated rings. The van der Waals surface area contributed by atoms with Gasteiger partial charge in [-0.2, -0.15) is 17.8 Å². The summed E-state index contributed by atoms with van der Waals surface area (Å²) >= 11 is 0. The minimum absolute atomic E-state index is 0.00645. The third kappa shape index (κ3) is 4.00. The van der Waals surface area contributed by atoms with E-state index in [1.807, 2.05) is 0 Å². The molecule has 102 valence electrons. The largest absolute Gasteiger partial charge is 0.469 e.